The van der Waals surface area contributed by atoms with Gasteiger partial charge in [0.15, 0.2) is 11.5 Å². The van der Waals surface area contributed by atoms with Crippen LogP contribution in [0.5, 0.6) is 11.5 Å². The van der Waals surface area contributed by atoms with Crippen molar-refractivity contribution in [3.05, 3.63) is 65.2 Å². The molecule has 0 aliphatic rings. The molecule has 0 saturated carbocycles. The molecule has 0 aliphatic carbocycles. The Kier molecular flexibility index (Phi) is 6.20. The van der Waals surface area contributed by atoms with E-state index in [1.165, 1.54) is 13.2 Å². The van der Waals surface area contributed by atoms with Crippen LogP contribution in [0.15, 0.2) is 48.5 Å². The maximum atomic E-state index is 11.1. The maximum absolute atomic E-state index is 11.1. The lowest BCUT2D eigenvalue weighted by Crippen LogP contribution is -1.93. The molecule has 0 saturated heterocycles. The fourth-order valence-electron chi connectivity index (χ4n) is 2.10. The lowest BCUT2D eigenvalue weighted by molar-refractivity contribution is -0.134. The van der Waals surface area contributed by atoms with Crippen LogP contribution in [-0.2, 0) is 9.53 Å². The molecule has 124 valence electrons. The van der Waals surface area contributed by atoms with E-state index < -0.39 is 0 Å². The van der Waals surface area contributed by atoms with Crippen LogP contribution in [0.3, 0.4) is 0 Å². The van der Waals surface area contributed by atoms with E-state index in [0.717, 1.165) is 16.7 Å². The number of esters is 1. The number of rotatable bonds is 6. The molecule has 0 aromatic heterocycles. The molecular weight excluding hydrogens is 304 g/mol. The summed E-state index contributed by atoms with van der Waals surface area (Å²) in [5.41, 5.74) is 3.01. The Balaban J connectivity index is 2.09. The van der Waals surface area contributed by atoms with Gasteiger partial charge in [-0.05, 0) is 34.9 Å². The standard InChI is InChI=1S/C20H20O4/c1-22-18-12-10-17(14-19(18)23-2)9-8-15-4-6-16(7-5-15)11-13-20(21)24-3/h4-14H,1-3H3/b9-8+,13-11+. The number of carbonyl (C=O) groups is 1. The van der Waals surface area contributed by atoms with Crippen LogP contribution in [0.4, 0.5) is 0 Å². The first kappa shape index (κ1) is 17.3. The van der Waals surface area contributed by atoms with Crippen molar-refractivity contribution >= 4 is 24.2 Å². The van der Waals surface area contributed by atoms with Crippen LogP contribution in [0.2, 0.25) is 0 Å². The Morgan fingerprint density at radius 2 is 1.29 bits per heavy atom. The summed E-state index contributed by atoms with van der Waals surface area (Å²) in [6.45, 7) is 0. The van der Waals surface area contributed by atoms with Crippen LogP contribution >= 0.6 is 0 Å². The highest BCUT2D eigenvalue weighted by Gasteiger charge is 2.02. The van der Waals surface area contributed by atoms with Gasteiger partial charge in [-0.1, -0.05) is 42.5 Å². The van der Waals surface area contributed by atoms with E-state index in [2.05, 4.69) is 4.74 Å². The van der Waals surface area contributed by atoms with Gasteiger partial charge in [-0.25, -0.2) is 4.79 Å². The summed E-state index contributed by atoms with van der Waals surface area (Å²) >= 11 is 0. The molecule has 0 aliphatic heterocycles. The molecule has 0 radical (unpaired) electrons. The second-order valence-electron chi connectivity index (χ2n) is 4.97. The molecule has 2 aromatic carbocycles. The van der Waals surface area contributed by atoms with Crippen molar-refractivity contribution in [3.8, 4) is 11.5 Å². The second-order valence-corrected chi connectivity index (χ2v) is 4.97. The molecule has 2 aromatic rings. The van der Waals surface area contributed by atoms with Gasteiger partial charge in [0.2, 0.25) is 0 Å². The third kappa shape index (κ3) is 4.74. The van der Waals surface area contributed by atoms with Crippen molar-refractivity contribution < 1.29 is 19.0 Å². The monoisotopic (exact) mass is 324 g/mol. The summed E-state index contributed by atoms with van der Waals surface area (Å²) in [5, 5.41) is 0. The molecule has 4 heteroatoms. The van der Waals surface area contributed by atoms with E-state index in [9.17, 15) is 4.79 Å². The van der Waals surface area contributed by atoms with Gasteiger partial charge in [-0.3, -0.25) is 0 Å². The van der Waals surface area contributed by atoms with Crippen molar-refractivity contribution in [2.24, 2.45) is 0 Å². The summed E-state index contributed by atoms with van der Waals surface area (Å²) in [7, 11) is 4.59. The smallest absolute Gasteiger partial charge is 0.330 e. The minimum atomic E-state index is -0.368. The lowest BCUT2D eigenvalue weighted by Gasteiger charge is -2.07. The first-order valence-corrected chi connectivity index (χ1v) is 7.42. The SMILES string of the molecule is COC(=O)/C=C/c1ccc(/C=C/c2ccc(OC)c(OC)c2)cc1. The fraction of sp³-hybridized carbons (Fsp3) is 0.150. The zero-order valence-electron chi connectivity index (χ0n) is 14.0. The van der Waals surface area contributed by atoms with Gasteiger partial charge >= 0.3 is 5.97 Å². The number of methoxy groups -OCH3 is 3. The summed E-state index contributed by atoms with van der Waals surface area (Å²) < 4.78 is 15.1. The summed E-state index contributed by atoms with van der Waals surface area (Å²) in [6, 6.07) is 13.6. The van der Waals surface area contributed by atoms with Gasteiger partial charge in [0, 0.05) is 6.08 Å². The summed E-state index contributed by atoms with van der Waals surface area (Å²) in [5.74, 6) is 1.03. The first-order chi connectivity index (χ1) is 11.7. The second kappa shape index (κ2) is 8.58. The zero-order valence-corrected chi connectivity index (χ0v) is 14.0. The summed E-state index contributed by atoms with van der Waals surface area (Å²) in [6.07, 6.45) is 7.12. The highest BCUT2D eigenvalue weighted by atomic mass is 16.5. The van der Waals surface area contributed by atoms with Crippen LogP contribution in [0, 0.1) is 0 Å². The van der Waals surface area contributed by atoms with E-state index in [4.69, 9.17) is 9.47 Å². The van der Waals surface area contributed by atoms with E-state index in [1.807, 2.05) is 54.6 Å². The molecule has 0 unspecified atom stereocenters. The van der Waals surface area contributed by atoms with Crippen LogP contribution in [0.25, 0.3) is 18.2 Å². The van der Waals surface area contributed by atoms with Crippen molar-refractivity contribution in [1.82, 2.24) is 0 Å². The van der Waals surface area contributed by atoms with Crippen LogP contribution in [-0.4, -0.2) is 27.3 Å². The van der Waals surface area contributed by atoms with Crippen molar-refractivity contribution in [2.45, 2.75) is 0 Å². The van der Waals surface area contributed by atoms with Gasteiger partial charge in [0.05, 0.1) is 21.3 Å². The average molecular weight is 324 g/mol. The van der Waals surface area contributed by atoms with Crippen LogP contribution < -0.4 is 9.47 Å². The molecule has 0 bridgehead atoms. The molecule has 0 fully saturated rings. The first-order valence-electron chi connectivity index (χ1n) is 7.42. The number of carbonyl (C=O) groups excluding carboxylic acids is 1. The molecule has 2 rings (SSSR count). The zero-order chi connectivity index (χ0) is 17.4. The number of hydrogen-bond donors (Lipinski definition) is 0. The number of benzene rings is 2. The van der Waals surface area contributed by atoms with Gasteiger partial charge in [-0.15, -0.1) is 0 Å². The Morgan fingerprint density at radius 1 is 0.750 bits per heavy atom. The molecule has 24 heavy (non-hydrogen) atoms. The molecular formula is C20H20O4. The van der Waals surface area contributed by atoms with E-state index in [-0.39, 0.29) is 5.97 Å². The fourth-order valence-corrected chi connectivity index (χ4v) is 2.10. The van der Waals surface area contributed by atoms with Gasteiger partial charge in [0.1, 0.15) is 0 Å². The Morgan fingerprint density at radius 3 is 1.88 bits per heavy atom. The molecule has 0 amide bonds. The Labute approximate surface area is 142 Å². The van der Waals surface area contributed by atoms with Crippen LogP contribution in [0.1, 0.15) is 16.7 Å². The lowest BCUT2D eigenvalue weighted by atomic mass is 10.1. The molecule has 4 nitrogen and oxygen atoms in total. The maximum Gasteiger partial charge on any atom is 0.330 e. The van der Waals surface area contributed by atoms with Crippen molar-refractivity contribution in [1.29, 1.82) is 0 Å². The summed E-state index contributed by atoms with van der Waals surface area (Å²) in [4.78, 5) is 11.1. The molecule has 0 atom stereocenters. The van der Waals surface area contributed by atoms with Gasteiger partial charge in [-0.2, -0.15) is 0 Å². The third-order valence-corrected chi connectivity index (χ3v) is 3.43. The average Bonchev–Trinajstić information content (AvgIpc) is 2.64. The van der Waals surface area contributed by atoms with E-state index >= 15 is 0 Å². The Bertz CT molecular complexity index is 743. The van der Waals surface area contributed by atoms with Crippen molar-refractivity contribution in [2.75, 3.05) is 21.3 Å². The quantitative estimate of drug-likeness (QED) is 0.457. The Hall–Kier alpha value is -3.01. The minimum absolute atomic E-state index is 0.368. The topological polar surface area (TPSA) is 44.8 Å². The largest absolute Gasteiger partial charge is 0.493 e. The molecule has 0 heterocycles. The van der Waals surface area contributed by atoms with Crippen molar-refractivity contribution in [3.63, 3.8) is 0 Å². The van der Waals surface area contributed by atoms with Gasteiger partial charge < -0.3 is 14.2 Å². The highest BCUT2D eigenvalue weighted by molar-refractivity contribution is 5.87. The number of ether oxygens (including phenoxy) is 3. The van der Waals surface area contributed by atoms with E-state index in [1.54, 1.807) is 20.3 Å². The molecule has 0 N–H and O–H groups in total. The normalized spacial score (nSPS) is 11.0. The predicted molar refractivity (Wildman–Crippen MR) is 96.0 cm³/mol. The highest BCUT2D eigenvalue weighted by Crippen LogP contribution is 2.28. The number of hydrogen-bond acceptors (Lipinski definition) is 4. The molecule has 0 spiro atoms. The minimum Gasteiger partial charge on any atom is -0.493 e. The predicted octanol–water partition coefficient (Wildman–Crippen LogP) is 4.06. The third-order valence-electron chi connectivity index (χ3n) is 3.43. The van der Waals surface area contributed by atoms with Gasteiger partial charge in [0.25, 0.3) is 0 Å². The van der Waals surface area contributed by atoms with E-state index in [0.29, 0.717) is 11.5 Å².